The third kappa shape index (κ3) is 5.74. The van der Waals surface area contributed by atoms with Crippen LogP contribution in [-0.4, -0.2) is 45.5 Å². The van der Waals surface area contributed by atoms with E-state index in [1.54, 1.807) is 13.4 Å². The summed E-state index contributed by atoms with van der Waals surface area (Å²) in [6, 6.07) is 0. The number of rotatable bonds is 9. The van der Waals surface area contributed by atoms with Crippen LogP contribution in [0.1, 0.15) is 25.5 Å². The summed E-state index contributed by atoms with van der Waals surface area (Å²) >= 11 is 0. The van der Waals surface area contributed by atoms with E-state index in [9.17, 15) is 4.21 Å². The molecule has 110 valence electrons. The Bertz CT molecular complexity index is 407. The van der Waals surface area contributed by atoms with Crippen LogP contribution in [0, 0.1) is 6.92 Å². The molecule has 0 bridgehead atoms. The number of hydrogen-bond acceptors (Lipinski definition) is 4. The molecule has 0 radical (unpaired) electrons. The summed E-state index contributed by atoms with van der Waals surface area (Å²) in [4.78, 5) is 4.47. The maximum Gasteiger partial charge on any atom is 0.203 e. The predicted molar refractivity (Wildman–Crippen MR) is 80.1 cm³/mol. The molecule has 0 saturated heterocycles. The molecule has 0 spiro atoms. The van der Waals surface area contributed by atoms with E-state index >= 15 is 0 Å². The van der Waals surface area contributed by atoms with Crippen LogP contribution < -0.4 is 5.32 Å². The fraction of sp³-hybridized carbons (Fsp3) is 0.769. The van der Waals surface area contributed by atoms with Gasteiger partial charge in [0.1, 0.15) is 0 Å². The largest absolute Gasteiger partial charge is 0.385 e. The Morgan fingerprint density at radius 1 is 1.58 bits per heavy atom. The lowest BCUT2D eigenvalue weighted by Crippen LogP contribution is -2.16. The van der Waals surface area contributed by atoms with Crippen molar-refractivity contribution in [3.05, 3.63) is 11.9 Å². The van der Waals surface area contributed by atoms with Crippen LogP contribution in [-0.2, 0) is 22.1 Å². The fourth-order valence-corrected chi connectivity index (χ4v) is 2.24. The normalized spacial score (nSPS) is 14.3. The van der Waals surface area contributed by atoms with Crippen LogP contribution in [0.4, 0.5) is 5.95 Å². The summed E-state index contributed by atoms with van der Waals surface area (Å²) in [7, 11) is 0.955. The molecule has 5 nitrogen and oxygen atoms in total. The molecular weight excluding hydrogens is 262 g/mol. The molecule has 0 aliphatic carbocycles. The monoisotopic (exact) mass is 287 g/mol. The fourth-order valence-electron chi connectivity index (χ4n) is 1.79. The SMILES string of the molecule is COCCCn1cc(C)nc1NCCC(C)S(C)=O. The third-order valence-electron chi connectivity index (χ3n) is 3.05. The molecule has 19 heavy (non-hydrogen) atoms. The van der Waals surface area contributed by atoms with Gasteiger partial charge in [0, 0.05) is 55.3 Å². The highest BCUT2D eigenvalue weighted by Crippen LogP contribution is 2.10. The number of nitrogens with zero attached hydrogens (tertiary/aromatic N) is 2. The van der Waals surface area contributed by atoms with Crippen LogP contribution in [0.2, 0.25) is 0 Å². The van der Waals surface area contributed by atoms with Gasteiger partial charge in [-0.3, -0.25) is 4.21 Å². The van der Waals surface area contributed by atoms with Crippen LogP contribution >= 0.6 is 0 Å². The van der Waals surface area contributed by atoms with E-state index in [4.69, 9.17) is 4.74 Å². The van der Waals surface area contributed by atoms with Gasteiger partial charge in [-0.05, 0) is 19.8 Å². The molecule has 0 aliphatic heterocycles. The Morgan fingerprint density at radius 3 is 2.95 bits per heavy atom. The highest BCUT2D eigenvalue weighted by Gasteiger charge is 2.08. The minimum atomic E-state index is -0.758. The minimum absolute atomic E-state index is 0.213. The van der Waals surface area contributed by atoms with Gasteiger partial charge in [0.15, 0.2) is 0 Å². The van der Waals surface area contributed by atoms with Gasteiger partial charge in [0.25, 0.3) is 0 Å². The quantitative estimate of drug-likeness (QED) is 0.704. The Morgan fingerprint density at radius 2 is 2.32 bits per heavy atom. The summed E-state index contributed by atoms with van der Waals surface area (Å²) in [6.45, 7) is 6.44. The zero-order chi connectivity index (χ0) is 14.3. The summed E-state index contributed by atoms with van der Waals surface area (Å²) < 4.78 is 18.5. The number of imidazole rings is 1. The van der Waals surface area contributed by atoms with E-state index < -0.39 is 10.8 Å². The molecule has 2 atom stereocenters. The number of hydrogen-bond donors (Lipinski definition) is 1. The highest BCUT2D eigenvalue weighted by molar-refractivity contribution is 7.84. The van der Waals surface area contributed by atoms with Crippen molar-refractivity contribution in [1.82, 2.24) is 9.55 Å². The zero-order valence-corrected chi connectivity index (χ0v) is 13.1. The van der Waals surface area contributed by atoms with Gasteiger partial charge in [-0.2, -0.15) is 0 Å². The molecule has 1 rings (SSSR count). The summed E-state index contributed by atoms with van der Waals surface area (Å²) in [5.74, 6) is 0.891. The number of anilines is 1. The van der Waals surface area contributed by atoms with Crippen molar-refractivity contribution in [2.45, 2.75) is 38.5 Å². The molecular formula is C13H25N3O2S. The van der Waals surface area contributed by atoms with E-state index in [1.807, 2.05) is 20.0 Å². The van der Waals surface area contributed by atoms with Crippen molar-refractivity contribution in [3.63, 3.8) is 0 Å². The molecule has 0 aliphatic rings. The number of aryl methyl sites for hydroxylation is 2. The lowest BCUT2D eigenvalue weighted by Gasteiger charge is -2.11. The van der Waals surface area contributed by atoms with Crippen LogP contribution in [0.25, 0.3) is 0 Å². The second kappa shape index (κ2) is 8.32. The van der Waals surface area contributed by atoms with Crippen molar-refractivity contribution >= 4 is 16.7 Å². The zero-order valence-electron chi connectivity index (χ0n) is 12.3. The number of ether oxygens (including phenoxy) is 1. The topological polar surface area (TPSA) is 56.1 Å². The van der Waals surface area contributed by atoms with Crippen molar-refractivity contribution < 1.29 is 8.95 Å². The Kier molecular flexibility index (Phi) is 7.09. The first-order valence-electron chi connectivity index (χ1n) is 6.63. The van der Waals surface area contributed by atoms with Crippen molar-refractivity contribution in [1.29, 1.82) is 0 Å². The molecule has 0 fully saturated rings. The number of nitrogens with one attached hydrogen (secondary N) is 1. The Hall–Kier alpha value is -0.880. The van der Waals surface area contributed by atoms with Crippen LogP contribution in [0.15, 0.2) is 6.20 Å². The van der Waals surface area contributed by atoms with Gasteiger partial charge in [0.05, 0.1) is 5.69 Å². The first-order chi connectivity index (χ1) is 9.04. The van der Waals surface area contributed by atoms with Gasteiger partial charge in [-0.15, -0.1) is 0 Å². The van der Waals surface area contributed by atoms with Crippen molar-refractivity contribution in [2.75, 3.05) is 31.8 Å². The van der Waals surface area contributed by atoms with Gasteiger partial charge >= 0.3 is 0 Å². The lowest BCUT2D eigenvalue weighted by atomic mass is 10.3. The minimum Gasteiger partial charge on any atom is -0.385 e. The summed E-state index contributed by atoms with van der Waals surface area (Å²) in [6.07, 6.45) is 5.64. The van der Waals surface area contributed by atoms with Gasteiger partial charge in [-0.1, -0.05) is 6.92 Å². The standard InChI is InChI=1S/C13H25N3O2S/c1-11-10-16(8-5-9-18-3)13(15-11)14-7-6-12(2)19(4)17/h10,12H,5-9H2,1-4H3,(H,14,15). The molecule has 1 aromatic rings. The van der Waals surface area contributed by atoms with Gasteiger partial charge in [0.2, 0.25) is 5.95 Å². The number of aromatic nitrogens is 2. The first kappa shape index (κ1) is 16.2. The van der Waals surface area contributed by atoms with Crippen molar-refractivity contribution in [3.8, 4) is 0 Å². The van der Waals surface area contributed by atoms with E-state index in [0.29, 0.717) is 0 Å². The Labute approximate surface area is 118 Å². The molecule has 1 heterocycles. The predicted octanol–water partition coefficient (Wildman–Crippen LogP) is 1.80. The van der Waals surface area contributed by atoms with Crippen LogP contribution in [0.3, 0.4) is 0 Å². The second-order valence-corrected chi connectivity index (χ2v) is 6.57. The molecule has 2 unspecified atom stereocenters. The lowest BCUT2D eigenvalue weighted by molar-refractivity contribution is 0.190. The van der Waals surface area contributed by atoms with Crippen LogP contribution in [0.5, 0.6) is 0 Å². The summed E-state index contributed by atoms with van der Waals surface area (Å²) in [5, 5.41) is 3.54. The molecule has 6 heteroatoms. The van der Waals surface area contributed by atoms with E-state index in [1.165, 1.54) is 0 Å². The number of methoxy groups -OCH3 is 1. The van der Waals surface area contributed by atoms with Gasteiger partial charge in [-0.25, -0.2) is 4.98 Å². The average molecular weight is 287 g/mol. The second-order valence-electron chi connectivity index (χ2n) is 4.77. The maximum atomic E-state index is 11.3. The summed E-state index contributed by atoms with van der Waals surface area (Å²) in [5.41, 5.74) is 1.01. The van der Waals surface area contributed by atoms with E-state index in [-0.39, 0.29) is 5.25 Å². The molecule has 0 aromatic carbocycles. The molecule has 1 aromatic heterocycles. The maximum absolute atomic E-state index is 11.3. The van der Waals surface area contributed by atoms with E-state index in [0.717, 1.165) is 44.2 Å². The third-order valence-corrected chi connectivity index (χ3v) is 4.41. The smallest absolute Gasteiger partial charge is 0.203 e. The first-order valence-corrected chi connectivity index (χ1v) is 8.25. The Balaban J connectivity index is 2.45. The highest BCUT2D eigenvalue weighted by atomic mass is 32.2. The average Bonchev–Trinajstić information content (AvgIpc) is 2.70. The van der Waals surface area contributed by atoms with E-state index in [2.05, 4.69) is 14.9 Å². The molecule has 0 amide bonds. The van der Waals surface area contributed by atoms with Gasteiger partial charge < -0.3 is 14.6 Å². The van der Waals surface area contributed by atoms with Crippen molar-refractivity contribution in [2.24, 2.45) is 0 Å². The molecule has 0 saturated carbocycles. The molecule has 1 N–H and O–H groups in total.